The highest BCUT2D eigenvalue weighted by molar-refractivity contribution is 6.25. The van der Waals surface area contributed by atoms with Crippen LogP contribution in [0.15, 0.2) is 65.3 Å². The number of nitrogens with zero attached hydrogens (tertiary/aromatic N) is 1. The molecule has 0 atom stereocenters. The number of aryl methyl sites for hydroxylation is 1. The molecule has 2 aromatic rings. The van der Waals surface area contributed by atoms with Gasteiger partial charge in [-0.15, -0.1) is 0 Å². The van der Waals surface area contributed by atoms with Gasteiger partial charge in [0.1, 0.15) is 16.9 Å². The SMILES string of the molecule is CCN(CC)c1ccc(C(=C2C=C(C)C(=O)C(C(=O)O)=C2)c2cc(C)c(O)c(C(=O)O)c2)cc1. The number of benzene rings is 2. The third-order valence-corrected chi connectivity index (χ3v) is 5.90. The van der Waals surface area contributed by atoms with Crippen LogP contribution in [-0.2, 0) is 9.59 Å². The molecule has 2 aromatic carbocycles. The van der Waals surface area contributed by atoms with Gasteiger partial charge in [0.05, 0.1) is 0 Å². The standard InChI is InChI=1S/C27H27NO6/c1-5-28(6-2)20-9-7-17(8-10-20)23(18-11-15(3)24(29)21(13-18)26(31)32)19-12-16(4)25(30)22(14-19)27(33)34/h7-14,29H,5-6H2,1-4H3,(H,31,32)(H,33,34). The summed E-state index contributed by atoms with van der Waals surface area (Å²) in [5.74, 6) is -3.51. The van der Waals surface area contributed by atoms with Crippen LogP contribution >= 0.6 is 0 Å². The number of allylic oxidation sites excluding steroid dienone is 4. The zero-order chi connectivity index (χ0) is 25.2. The number of phenols is 1. The molecule has 0 spiro atoms. The molecule has 0 fully saturated rings. The van der Waals surface area contributed by atoms with Gasteiger partial charge in [0, 0.05) is 18.8 Å². The van der Waals surface area contributed by atoms with Crippen LogP contribution in [0.2, 0.25) is 0 Å². The topological polar surface area (TPSA) is 115 Å². The van der Waals surface area contributed by atoms with E-state index in [4.69, 9.17) is 0 Å². The van der Waals surface area contributed by atoms with Gasteiger partial charge in [-0.05, 0) is 97.5 Å². The molecule has 0 aliphatic heterocycles. The number of rotatable bonds is 7. The van der Waals surface area contributed by atoms with Gasteiger partial charge in [0.15, 0.2) is 5.78 Å². The number of carbonyl (C=O) groups excluding carboxylic acids is 1. The smallest absolute Gasteiger partial charge is 0.339 e. The van der Waals surface area contributed by atoms with Crippen LogP contribution < -0.4 is 4.90 Å². The fraction of sp³-hybridized carbons (Fsp3) is 0.222. The number of ketones is 1. The molecule has 176 valence electrons. The number of Topliss-reactive ketones (excluding diaryl/α,β-unsaturated/α-hetero) is 1. The minimum absolute atomic E-state index is 0.261. The van der Waals surface area contributed by atoms with Crippen LogP contribution in [0, 0.1) is 6.92 Å². The van der Waals surface area contributed by atoms with Crippen LogP contribution in [-0.4, -0.2) is 46.1 Å². The average molecular weight is 462 g/mol. The monoisotopic (exact) mass is 461 g/mol. The van der Waals surface area contributed by atoms with E-state index in [0.29, 0.717) is 27.8 Å². The molecule has 34 heavy (non-hydrogen) atoms. The number of aliphatic carboxylic acids is 1. The maximum Gasteiger partial charge on any atom is 0.339 e. The van der Waals surface area contributed by atoms with Crippen molar-refractivity contribution in [3.8, 4) is 5.75 Å². The van der Waals surface area contributed by atoms with Crippen LogP contribution in [0.5, 0.6) is 5.75 Å². The largest absolute Gasteiger partial charge is 0.507 e. The van der Waals surface area contributed by atoms with E-state index in [1.54, 1.807) is 26.0 Å². The highest BCUT2D eigenvalue weighted by Gasteiger charge is 2.25. The number of carboxylic acids is 2. The van der Waals surface area contributed by atoms with Gasteiger partial charge >= 0.3 is 11.9 Å². The Kier molecular flexibility index (Phi) is 7.05. The number of hydrogen-bond acceptors (Lipinski definition) is 5. The van der Waals surface area contributed by atoms with Gasteiger partial charge in [0.25, 0.3) is 0 Å². The van der Waals surface area contributed by atoms with Crippen LogP contribution in [0.1, 0.15) is 47.8 Å². The van der Waals surface area contributed by atoms with Crippen molar-refractivity contribution in [1.82, 2.24) is 0 Å². The molecule has 3 rings (SSSR count). The fourth-order valence-electron chi connectivity index (χ4n) is 4.09. The molecule has 0 aromatic heterocycles. The summed E-state index contributed by atoms with van der Waals surface area (Å²) in [5.41, 5.74) is 3.24. The van der Waals surface area contributed by atoms with E-state index in [0.717, 1.165) is 18.8 Å². The molecule has 0 radical (unpaired) electrons. The molecule has 0 saturated heterocycles. The van der Waals surface area contributed by atoms with E-state index in [2.05, 4.69) is 18.7 Å². The first-order chi connectivity index (χ1) is 16.1. The minimum Gasteiger partial charge on any atom is -0.507 e. The number of carboxylic acid groups (broad SMARTS) is 2. The van der Waals surface area contributed by atoms with E-state index < -0.39 is 17.7 Å². The third-order valence-electron chi connectivity index (χ3n) is 5.90. The fourth-order valence-corrected chi connectivity index (χ4v) is 4.09. The maximum absolute atomic E-state index is 12.4. The van der Waals surface area contributed by atoms with Gasteiger partial charge in [0.2, 0.25) is 0 Å². The van der Waals surface area contributed by atoms with Crippen molar-refractivity contribution in [3.63, 3.8) is 0 Å². The Hall–Kier alpha value is -4.13. The molecule has 0 saturated carbocycles. The molecule has 7 heteroatoms. The summed E-state index contributed by atoms with van der Waals surface area (Å²) in [4.78, 5) is 38.0. The lowest BCUT2D eigenvalue weighted by Gasteiger charge is -2.22. The van der Waals surface area contributed by atoms with Crippen LogP contribution in [0.25, 0.3) is 5.57 Å². The van der Waals surface area contributed by atoms with Gasteiger partial charge in [-0.2, -0.15) is 0 Å². The van der Waals surface area contributed by atoms with E-state index in [1.165, 1.54) is 12.1 Å². The van der Waals surface area contributed by atoms with Gasteiger partial charge in [-0.1, -0.05) is 12.1 Å². The lowest BCUT2D eigenvalue weighted by molar-refractivity contribution is -0.134. The molecule has 0 bridgehead atoms. The number of carbonyl (C=O) groups is 3. The normalized spacial score (nSPS) is 14.9. The number of hydrogen-bond donors (Lipinski definition) is 3. The highest BCUT2D eigenvalue weighted by atomic mass is 16.4. The highest BCUT2D eigenvalue weighted by Crippen LogP contribution is 2.36. The summed E-state index contributed by atoms with van der Waals surface area (Å²) in [5, 5.41) is 29.4. The van der Waals surface area contributed by atoms with Crippen molar-refractivity contribution in [2.45, 2.75) is 27.7 Å². The third kappa shape index (κ3) is 4.64. The molecule has 7 nitrogen and oxygen atoms in total. The first-order valence-electron chi connectivity index (χ1n) is 10.9. The summed E-state index contributed by atoms with van der Waals surface area (Å²) in [6, 6.07) is 10.7. The van der Waals surface area contributed by atoms with Gasteiger partial charge < -0.3 is 20.2 Å². The number of aromatic hydroxyl groups is 1. The Bertz CT molecular complexity index is 1260. The zero-order valence-electron chi connectivity index (χ0n) is 19.5. The second kappa shape index (κ2) is 9.79. The Morgan fingerprint density at radius 2 is 1.50 bits per heavy atom. The number of aromatic carboxylic acids is 1. The predicted octanol–water partition coefficient (Wildman–Crippen LogP) is 4.59. The van der Waals surface area contributed by atoms with Crippen LogP contribution in [0.4, 0.5) is 5.69 Å². The van der Waals surface area contributed by atoms with Crippen molar-refractivity contribution < 1.29 is 29.7 Å². The number of anilines is 1. The minimum atomic E-state index is -1.33. The Labute approximate surface area is 198 Å². The molecular formula is C27H27NO6. The van der Waals surface area contributed by atoms with Crippen molar-refractivity contribution in [1.29, 1.82) is 0 Å². The Morgan fingerprint density at radius 3 is 2.03 bits per heavy atom. The molecule has 3 N–H and O–H groups in total. The molecule has 0 amide bonds. The molecule has 1 aliphatic rings. The Morgan fingerprint density at radius 1 is 0.882 bits per heavy atom. The van der Waals surface area contributed by atoms with Crippen molar-refractivity contribution in [3.05, 3.63) is 87.5 Å². The Balaban J connectivity index is 2.35. The first kappa shape index (κ1) is 24.5. The van der Waals surface area contributed by atoms with Crippen molar-refractivity contribution in [2.24, 2.45) is 0 Å². The van der Waals surface area contributed by atoms with Gasteiger partial charge in [-0.25, -0.2) is 9.59 Å². The van der Waals surface area contributed by atoms with Crippen LogP contribution in [0.3, 0.4) is 0 Å². The summed E-state index contributed by atoms with van der Waals surface area (Å²) in [6.07, 6.45) is 2.92. The van der Waals surface area contributed by atoms with E-state index in [1.807, 2.05) is 24.3 Å². The van der Waals surface area contributed by atoms with Crippen molar-refractivity contribution >= 4 is 29.0 Å². The van der Waals surface area contributed by atoms with Gasteiger partial charge in [-0.3, -0.25) is 4.79 Å². The second-order valence-electron chi connectivity index (χ2n) is 8.06. The summed E-state index contributed by atoms with van der Waals surface area (Å²) in [6.45, 7) is 8.92. The average Bonchev–Trinajstić information content (AvgIpc) is 2.79. The summed E-state index contributed by atoms with van der Waals surface area (Å²) < 4.78 is 0. The summed E-state index contributed by atoms with van der Waals surface area (Å²) in [7, 11) is 0. The maximum atomic E-state index is 12.4. The molecule has 0 unspecified atom stereocenters. The zero-order valence-corrected chi connectivity index (χ0v) is 19.5. The van der Waals surface area contributed by atoms with E-state index in [9.17, 15) is 29.7 Å². The quantitative estimate of drug-likeness (QED) is 0.517. The molecule has 0 heterocycles. The molecular weight excluding hydrogens is 434 g/mol. The predicted molar refractivity (Wildman–Crippen MR) is 130 cm³/mol. The van der Waals surface area contributed by atoms with E-state index >= 15 is 0 Å². The summed E-state index contributed by atoms with van der Waals surface area (Å²) >= 11 is 0. The second-order valence-corrected chi connectivity index (χ2v) is 8.06. The lowest BCUT2D eigenvalue weighted by atomic mass is 9.85. The lowest BCUT2D eigenvalue weighted by Crippen LogP contribution is -2.21. The van der Waals surface area contributed by atoms with E-state index in [-0.39, 0.29) is 22.5 Å². The van der Waals surface area contributed by atoms with Crippen molar-refractivity contribution in [2.75, 3.05) is 18.0 Å². The molecule has 1 aliphatic carbocycles. The first-order valence-corrected chi connectivity index (χ1v) is 10.9.